The summed E-state index contributed by atoms with van der Waals surface area (Å²) in [4.78, 5) is 0. The first kappa shape index (κ1) is 14.5. The molecule has 0 unspecified atom stereocenters. The van der Waals surface area contributed by atoms with Gasteiger partial charge in [-0.2, -0.15) is 0 Å². The molecule has 5 heteroatoms. The van der Waals surface area contributed by atoms with Crippen LogP contribution >= 0.6 is 0 Å². The maximum absolute atomic E-state index is 8.82. The van der Waals surface area contributed by atoms with Gasteiger partial charge in [0, 0.05) is 32.2 Å². The van der Waals surface area contributed by atoms with Crippen LogP contribution in [0.3, 0.4) is 0 Å². The molecular weight excluding hydrogens is 254 g/mol. The smallest absolute Gasteiger partial charge is 0.119 e. The Balaban J connectivity index is 1.75. The van der Waals surface area contributed by atoms with Crippen LogP contribution in [-0.2, 0) is 13.0 Å². The average Bonchev–Trinajstić information content (AvgIpc) is 2.82. The number of aliphatic hydroxyl groups excluding tert-OH is 1. The van der Waals surface area contributed by atoms with Crippen molar-refractivity contribution < 1.29 is 9.84 Å². The van der Waals surface area contributed by atoms with E-state index in [0.29, 0.717) is 13.0 Å². The summed E-state index contributed by atoms with van der Waals surface area (Å²) in [6.07, 6.45) is 3.29. The van der Waals surface area contributed by atoms with Crippen LogP contribution in [0.2, 0.25) is 0 Å². The van der Waals surface area contributed by atoms with Crippen molar-refractivity contribution in [3.05, 3.63) is 41.2 Å². The molecule has 1 aromatic heterocycles. The third-order valence-electron chi connectivity index (χ3n) is 2.95. The molecule has 0 saturated carbocycles. The first-order valence-electron chi connectivity index (χ1n) is 6.88. The van der Waals surface area contributed by atoms with Crippen LogP contribution in [0.1, 0.15) is 23.2 Å². The van der Waals surface area contributed by atoms with E-state index in [1.165, 1.54) is 11.1 Å². The van der Waals surface area contributed by atoms with Gasteiger partial charge in [0.05, 0.1) is 12.3 Å². The molecular formula is C15H21N3O2. The molecule has 2 aromatic rings. The van der Waals surface area contributed by atoms with E-state index in [4.69, 9.17) is 9.84 Å². The monoisotopic (exact) mass is 275 g/mol. The molecule has 0 spiro atoms. The van der Waals surface area contributed by atoms with Crippen molar-refractivity contribution in [2.45, 2.75) is 33.2 Å². The zero-order valence-corrected chi connectivity index (χ0v) is 12.0. The summed E-state index contributed by atoms with van der Waals surface area (Å²) in [5.41, 5.74) is 3.25. The minimum absolute atomic E-state index is 0.106. The fourth-order valence-corrected chi connectivity index (χ4v) is 2.11. The van der Waals surface area contributed by atoms with Crippen molar-refractivity contribution in [2.24, 2.45) is 0 Å². The summed E-state index contributed by atoms with van der Waals surface area (Å²) in [5.74, 6) is 0.919. The van der Waals surface area contributed by atoms with Crippen LogP contribution in [0.25, 0.3) is 0 Å². The van der Waals surface area contributed by atoms with Crippen molar-refractivity contribution in [3.8, 4) is 5.75 Å². The van der Waals surface area contributed by atoms with Crippen molar-refractivity contribution in [3.63, 3.8) is 0 Å². The molecule has 20 heavy (non-hydrogen) atoms. The number of rotatable bonds is 7. The number of aromatic nitrogens is 3. The van der Waals surface area contributed by atoms with Crippen LogP contribution in [0, 0.1) is 13.8 Å². The molecule has 0 aliphatic rings. The van der Waals surface area contributed by atoms with E-state index >= 15 is 0 Å². The number of aryl methyl sites for hydroxylation is 3. The standard InChI is InChI=1S/C15H21N3O2/c1-12-8-13(2)10-15(9-12)20-7-3-5-18-11-14(4-6-19)16-17-18/h8-11,19H,3-7H2,1-2H3. The van der Waals surface area contributed by atoms with Gasteiger partial charge in [-0.25, -0.2) is 0 Å². The predicted molar refractivity (Wildman–Crippen MR) is 76.8 cm³/mol. The second-order valence-corrected chi connectivity index (χ2v) is 4.97. The van der Waals surface area contributed by atoms with Crippen LogP contribution < -0.4 is 4.74 Å². The van der Waals surface area contributed by atoms with Crippen LogP contribution in [0.5, 0.6) is 5.75 Å². The number of benzene rings is 1. The van der Waals surface area contributed by atoms with E-state index in [0.717, 1.165) is 24.4 Å². The number of hydrogen-bond donors (Lipinski definition) is 1. The molecule has 0 aliphatic carbocycles. The van der Waals surface area contributed by atoms with Gasteiger partial charge in [-0.15, -0.1) is 5.10 Å². The molecule has 5 nitrogen and oxygen atoms in total. The number of nitrogens with zero attached hydrogens (tertiary/aromatic N) is 3. The Labute approximate surface area is 119 Å². The minimum atomic E-state index is 0.106. The Morgan fingerprint density at radius 2 is 1.95 bits per heavy atom. The van der Waals surface area contributed by atoms with E-state index < -0.39 is 0 Å². The third kappa shape index (κ3) is 4.35. The SMILES string of the molecule is Cc1cc(C)cc(OCCCn2cc(CCO)nn2)c1. The summed E-state index contributed by atoms with van der Waals surface area (Å²) < 4.78 is 7.53. The zero-order chi connectivity index (χ0) is 14.4. The van der Waals surface area contributed by atoms with Crippen LogP contribution in [0.15, 0.2) is 24.4 Å². The van der Waals surface area contributed by atoms with Crippen molar-refractivity contribution in [1.82, 2.24) is 15.0 Å². The highest BCUT2D eigenvalue weighted by molar-refractivity contribution is 5.32. The molecule has 0 atom stereocenters. The number of aliphatic hydroxyl groups is 1. The van der Waals surface area contributed by atoms with Gasteiger partial charge >= 0.3 is 0 Å². The van der Waals surface area contributed by atoms with E-state index in [1.807, 2.05) is 18.3 Å². The van der Waals surface area contributed by atoms with Crippen molar-refractivity contribution in [1.29, 1.82) is 0 Å². The Bertz CT molecular complexity index is 532. The molecule has 0 fully saturated rings. The molecule has 0 amide bonds. The summed E-state index contributed by atoms with van der Waals surface area (Å²) in [6, 6.07) is 6.22. The van der Waals surface area contributed by atoms with Gasteiger partial charge in [0.25, 0.3) is 0 Å². The molecule has 2 rings (SSSR count). The molecule has 0 saturated heterocycles. The lowest BCUT2D eigenvalue weighted by molar-refractivity contribution is 0.297. The van der Waals surface area contributed by atoms with Gasteiger partial charge in [-0.3, -0.25) is 4.68 Å². The topological polar surface area (TPSA) is 60.2 Å². The molecule has 108 valence electrons. The Morgan fingerprint density at radius 1 is 1.20 bits per heavy atom. The van der Waals surface area contributed by atoms with E-state index in [1.54, 1.807) is 4.68 Å². The van der Waals surface area contributed by atoms with E-state index in [-0.39, 0.29) is 6.61 Å². The first-order chi connectivity index (χ1) is 9.67. The van der Waals surface area contributed by atoms with Gasteiger partial charge in [-0.05, 0) is 37.1 Å². The van der Waals surface area contributed by atoms with Crippen LogP contribution in [-0.4, -0.2) is 33.3 Å². The summed E-state index contributed by atoms with van der Waals surface area (Å²) in [7, 11) is 0. The molecule has 0 bridgehead atoms. The second kappa shape index (κ2) is 7.05. The van der Waals surface area contributed by atoms with Crippen molar-refractivity contribution >= 4 is 0 Å². The van der Waals surface area contributed by atoms with E-state index in [9.17, 15) is 0 Å². The van der Waals surface area contributed by atoms with E-state index in [2.05, 4.69) is 30.2 Å². The van der Waals surface area contributed by atoms with Gasteiger partial charge < -0.3 is 9.84 Å². The predicted octanol–water partition coefficient (Wildman–Crippen LogP) is 1.90. The minimum Gasteiger partial charge on any atom is -0.494 e. The maximum Gasteiger partial charge on any atom is 0.119 e. The molecule has 1 N–H and O–H groups in total. The normalized spacial score (nSPS) is 10.8. The quantitative estimate of drug-likeness (QED) is 0.784. The maximum atomic E-state index is 8.82. The van der Waals surface area contributed by atoms with Gasteiger partial charge in [0.2, 0.25) is 0 Å². The lowest BCUT2D eigenvalue weighted by atomic mass is 10.1. The van der Waals surface area contributed by atoms with Crippen LogP contribution in [0.4, 0.5) is 0 Å². The first-order valence-corrected chi connectivity index (χ1v) is 6.88. The summed E-state index contributed by atoms with van der Waals surface area (Å²) in [6.45, 7) is 5.66. The molecule has 1 aromatic carbocycles. The Kier molecular flexibility index (Phi) is 5.12. The van der Waals surface area contributed by atoms with Gasteiger partial charge in [-0.1, -0.05) is 11.3 Å². The largest absolute Gasteiger partial charge is 0.494 e. The Hall–Kier alpha value is -1.88. The van der Waals surface area contributed by atoms with Gasteiger partial charge in [0.1, 0.15) is 5.75 Å². The number of hydrogen-bond acceptors (Lipinski definition) is 4. The highest BCUT2D eigenvalue weighted by Crippen LogP contribution is 2.16. The summed E-state index contributed by atoms with van der Waals surface area (Å²) in [5, 5.41) is 16.8. The second-order valence-electron chi connectivity index (χ2n) is 4.97. The lowest BCUT2D eigenvalue weighted by Crippen LogP contribution is -2.05. The van der Waals surface area contributed by atoms with Crippen molar-refractivity contribution in [2.75, 3.05) is 13.2 Å². The fraction of sp³-hybridized carbons (Fsp3) is 0.467. The molecule has 1 heterocycles. The highest BCUT2D eigenvalue weighted by Gasteiger charge is 2.01. The molecule has 0 radical (unpaired) electrons. The zero-order valence-electron chi connectivity index (χ0n) is 12.0. The lowest BCUT2D eigenvalue weighted by Gasteiger charge is -2.08. The Morgan fingerprint density at radius 3 is 2.65 bits per heavy atom. The number of ether oxygens (including phenoxy) is 1. The van der Waals surface area contributed by atoms with Gasteiger partial charge in [0.15, 0.2) is 0 Å². The summed E-state index contributed by atoms with van der Waals surface area (Å²) >= 11 is 0. The third-order valence-corrected chi connectivity index (χ3v) is 2.95. The average molecular weight is 275 g/mol. The fourth-order valence-electron chi connectivity index (χ4n) is 2.11. The highest BCUT2D eigenvalue weighted by atomic mass is 16.5. The molecule has 0 aliphatic heterocycles.